The second-order valence-electron chi connectivity index (χ2n) is 12.4. The maximum Gasteiger partial charge on any atom is 0.411 e. The number of nitrogens with one attached hydrogen (secondary N) is 1. The molecule has 4 atom stereocenters. The molecule has 5 rings (SSSR count). The molecule has 2 fully saturated rings. The molecule has 1 saturated heterocycles. The normalized spacial score (nSPS) is 25.7. The van der Waals surface area contributed by atoms with E-state index in [1.54, 1.807) is 33.8 Å². The maximum atomic E-state index is 14.3. The minimum absolute atomic E-state index is 0.0718. The molecule has 228 valence electrons. The lowest BCUT2D eigenvalue weighted by Gasteiger charge is -2.36. The van der Waals surface area contributed by atoms with Crippen molar-refractivity contribution in [2.75, 3.05) is 19.8 Å². The van der Waals surface area contributed by atoms with Crippen LogP contribution in [-0.2, 0) is 28.6 Å². The molecular formula is C33H39N3O7. The van der Waals surface area contributed by atoms with Crippen LogP contribution >= 0.6 is 0 Å². The van der Waals surface area contributed by atoms with Crippen LogP contribution in [0.3, 0.4) is 0 Å². The van der Waals surface area contributed by atoms with Gasteiger partial charge in [0, 0.05) is 30.8 Å². The number of nitrogens with zero attached hydrogens (tertiary/aromatic N) is 1. The summed E-state index contributed by atoms with van der Waals surface area (Å²) in [6.07, 6.45) is 0.709. The zero-order valence-corrected chi connectivity index (χ0v) is 25.1. The van der Waals surface area contributed by atoms with Crippen molar-refractivity contribution in [2.24, 2.45) is 11.7 Å². The van der Waals surface area contributed by atoms with Gasteiger partial charge in [-0.2, -0.15) is 0 Å². The number of carbonyl (C=O) groups excluding carboxylic acids is 4. The van der Waals surface area contributed by atoms with Crippen molar-refractivity contribution in [1.82, 2.24) is 10.2 Å². The standard InChI is InChI=1S/C33H39N3O7/c1-6-20-16-32(20,28(38)41-7-2)35-27(37)33(17-21(34)18-36(33)30(40)43-31(3,4)5)29(39)42-19-26-24-14-10-8-12-22(24)23-13-9-11-15-25(23)26/h6,8-15,20-21,26H,1,7,16-19,34H2,2-5H3,(H,35,37). The summed E-state index contributed by atoms with van der Waals surface area (Å²) in [7, 11) is 0. The highest BCUT2D eigenvalue weighted by atomic mass is 16.6. The van der Waals surface area contributed by atoms with Gasteiger partial charge >= 0.3 is 18.0 Å². The van der Waals surface area contributed by atoms with Crippen molar-refractivity contribution in [3.63, 3.8) is 0 Å². The first kappa shape index (κ1) is 30.3. The number of hydrogen-bond acceptors (Lipinski definition) is 8. The first-order chi connectivity index (χ1) is 20.4. The van der Waals surface area contributed by atoms with Gasteiger partial charge in [0.2, 0.25) is 5.54 Å². The summed E-state index contributed by atoms with van der Waals surface area (Å²) >= 11 is 0. The summed E-state index contributed by atoms with van der Waals surface area (Å²) in [6.45, 7) is 10.4. The van der Waals surface area contributed by atoms with Crippen molar-refractivity contribution in [3.05, 3.63) is 72.3 Å². The van der Waals surface area contributed by atoms with Crippen LogP contribution in [0.2, 0.25) is 0 Å². The van der Waals surface area contributed by atoms with Gasteiger partial charge in [0.1, 0.15) is 17.7 Å². The Labute approximate surface area is 251 Å². The molecule has 43 heavy (non-hydrogen) atoms. The Balaban J connectivity index is 1.49. The van der Waals surface area contributed by atoms with E-state index in [9.17, 15) is 19.2 Å². The van der Waals surface area contributed by atoms with Crippen LogP contribution in [0.4, 0.5) is 4.79 Å². The third-order valence-electron chi connectivity index (χ3n) is 8.38. The molecular weight excluding hydrogens is 550 g/mol. The van der Waals surface area contributed by atoms with Crippen molar-refractivity contribution in [1.29, 1.82) is 0 Å². The van der Waals surface area contributed by atoms with Crippen molar-refractivity contribution in [2.45, 2.75) is 69.2 Å². The van der Waals surface area contributed by atoms with Crippen molar-refractivity contribution >= 4 is 23.9 Å². The lowest BCUT2D eigenvalue weighted by atomic mass is 9.92. The third-order valence-corrected chi connectivity index (χ3v) is 8.38. The van der Waals surface area contributed by atoms with Gasteiger partial charge in [-0.1, -0.05) is 54.6 Å². The Morgan fingerprint density at radius 1 is 1.00 bits per heavy atom. The molecule has 4 unspecified atom stereocenters. The van der Waals surface area contributed by atoms with E-state index in [1.165, 1.54) is 0 Å². The number of nitrogens with two attached hydrogens (primary N) is 1. The Kier molecular flexibility index (Phi) is 7.85. The summed E-state index contributed by atoms with van der Waals surface area (Å²) in [5, 5.41) is 2.75. The third kappa shape index (κ3) is 5.29. The molecule has 2 aromatic rings. The first-order valence-corrected chi connectivity index (χ1v) is 14.6. The van der Waals surface area contributed by atoms with Gasteiger partial charge in [0.25, 0.3) is 5.91 Å². The Morgan fingerprint density at radius 3 is 2.14 bits per heavy atom. The van der Waals surface area contributed by atoms with Gasteiger partial charge in [-0.05, 0) is 56.4 Å². The van der Waals surface area contributed by atoms with Gasteiger partial charge in [0.05, 0.1) is 6.61 Å². The van der Waals surface area contributed by atoms with Crippen LogP contribution < -0.4 is 11.1 Å². The number of carbonyl (C=O) groups is 4. The number of amides is 2. The Morgan fingerprint density at radius 2 is 1.60 bits per heavy atom. The number of esters is 2. The smallest absolute Gasteiger partial charge is 0.411 e. The van der Waals surface area contributed by atoms with E-state index in [0.29, 0.717) is 0 Å². The first-order valence-electron chi connectivity index (χ1n) is 14.6. The number of hydrogen-bond donors (Lipinski definition) is 2. The Hall–Kier alpha value is -4.18. The van der Waals surface area contributed by atoms with E-state index in [1.807, 2.05) is 48.5 Å². The zero-order valence-electron chi connectivity index (χ0n) is 25.1. The summed E-state index contributed by atoms with van der Waals surface area (Å²) < 4.78 is 16.8. The quantitative estimate of drug-likeness (QED) is 0.206. The molecule has 2 aromatic carbocycles. The summed E-state index contributed by atoms with van der Waals surface area (Å²) in [4.78, 5) is 56.1. The summed E-state index contributed by atoms with van der Waals surface area (Å²) in [6, 6.07) is 15.0. The topological polar surface area (TPSA) is 137 Å². The molecule has 1 heterocycles. The van der Waals surface area contributed by atoms with Gasteiger partial charge in [-0.3, -0.25) is 9.69 Å². The molecule has 0 spiro atoms. The number of likely N-dealkylation sites (tertiary alicyclic amines) is 1. The van der Waals surface area contributed by atoms with E-state index in [-0.39, 0.29) is 38.5 Å². The SMILES string of the molecule is C=CC1CC1(NC(=O)C1(C(=O)OCC2c3ccccc3-c3ccccc32)CC(N)CN1C(=O)OC(C)(C)C)C(=O)OCC. The molecule has 0 bridgehead atoms. The molecule has 1 saturated carbocycles. The fourth-order valence-corrected chi connectivity index (χ4v) is 6.28. The number of fused-ring (bicyclic) bond motifs is 3. The highest BCUT2D eigenvalue weighted by Crippen LogP contribution is 2.47. The van der Waals surface area contributed by atoms with Gasteiger partial charge in [-0.25, -0.2) is 14.4 Å². The fraction of sp³-hybridized carbons (Fsp3) is 0.455. The highest BCUT2D eigenvalue weighted by Gasteiger charge is 2.67. The molecule has 10 heteroatoms. The highest BCUT2D eigenvalue weighted by molar-refractivity contribution is 6.12. The molecule has 3 N–H and O–H groups in total. The summed E-state index contributed by atoms with van der Waals surface area (Å²) in [5.41, 5.74) is 5.91. The van der Waals surface area contributed by atoms with E-state index < -0.39 is 52.6 Å². The molecule has 1 aliphatic heterocycles. The molecule has 0 radical (unpaired) electrons. The molecule has 2 aliphatic carbocycles. The van der Waals surface area contributed by atoms with Crippen molar-refractivity contribution in [3.8, 4) is 11.1 Å². The van der Waals surface area contributed by atoms with Crippen LogP contribution in [-0.4, -0.2) is 71.3 Å². The molecule has 2 amide bonds. The van der Waals surface area contributed by atoms with Gasteiger partial charge < -0.3 is 25.3 Å². The minimum atomic E-state index is -2.17. The van der Waals surface area contributed by atoms with Crippen LogP contribution in [0.5, 0.6) is 0 Å². The van der Waals surface area contributed by atoms with Gasteiger partial charge in [-0.15, -0.1) is 6.58 Å². The summed E-state index contributed by atoms with van der Waals surface area (Å²) in [5.74, 6) is -3.13. The van der Waals surface area contributed by atoms with E-state index in [0.717, 1.165) is 27.2 Å². The monoisotopic (exact) mass is 589 g/mol. The predicted molar refractivity (Wildman–Crippen MR) is 159 cm³/mol. The minimum Gasteiger partial charge on any atom is -0.464 e. The average Bonchev–Trinajstić information content (AvgIpc) is 3.41. The van der Waals surface area contributed by atoms with Crippen LogP contribution in [0.15, 0.2) is 61.2 Å². The zero-order chi connectivity index (χ0) is 31.2. The number of benzene rings is 2. The number of ether oxygens (including phenoxy) is 3. The van der Waals surface area contributed by atoms with Crippen molar-refractivity contribution < 1.29 is 33.4 Å². The van der Waals surface area contributed by atoms with Crippen LogP contribution in [0, 0.1) is 5.92 Å². The van der Waals surface area contributed by atoms with E-state index >= 15 is 0 Å². The Bertz CT molecular complexity index is 1420. The average molecular weight is 590 g/mol. The largest absolute Gasteiger partial charge is 0.464 e. The fourth-order valence-electron chi connectivity index (χ4n) is 6.28. The van der Waals surface area contributed by atoms with E-state index in [2.05, 4.69) is 11.9 Å². The molecule has 0 aromatic heterocycles. The maximum absolute atomic E-state index is 14.3. The molecule has 10 nitrogen and oxygen atoms in total. The van der Waals surface area contributed by atoms with Gasteiger partial charge in [0.15, 0.2) is 0 Å². The molecule has 3 aliphatic rings. The van der Waals surface area contributed by atoms with Crippen LogP contribution in [0.25, 0.3) is 11.1 Å². The lowest BCUT2D eigenvalue weighted by molar-refractivity contribution is -0.164. The van der Waals surface area contributed by atoms with E-state index in [4.69, 9.17) is 19.9 Å². The lowest BCUT2D eigenvalue weighted by Crippen LogP contribution is -2.66. The second kappa shape index (κ2) is 11.1. The predicted octanol–water partition coefficient (Wildman–Crippen LogP) is 3.67. The second-order valence-corrected chi connectivity index (χ2v) is 12.4. The van der Waals surface area contributed by atoms with Crippen LogP contribution in [0.1, 0.15) is 57.6 Å². The number of rotatable bonds is 8.